The van der Waals surface area contributed by atoms with Crippen LogP contribution < -0.4 is 11.3 Å². The molecule has 1 rings (SSSR count). The van der Waals surface area contributed by atoms with Crippen molar-refractivity contribution in [2.45, 2.75) is 0 Å². The quantitative estimate of drug-likeness (QED) is 0.459. The van der Waals surface area contributed by atoms with Gasteiger partial charge in [-0.2, -0.15) is 0 Å². The summed E-state index contributed by atoms with van der Waals surface area (Å²) in [5.41, 5.74) is 1.98. The monoisotopic (exact) mass is 144 g/mol. The molecule has 0 aliphatic heterocycles. The third kappa shape index (κ3) is 1.06. The molecule has 0 spiro atoms. The van der Waals surface area contributed by atoms with Crippen molar-refractivity contribution in [1.29, 1.82) is 0 Å². The molecule has 0 radical (unpaired) electrons. The lowest BCUT2D eigenvalue weighted by Crippen LogP contribution is -2.09. The van der Waals surface area contributed by atoms with Gasteiger partial charge in [0.05, 0.1) is 5.69 Å². The van der Waals surface area contributed by atoms with E-state index in [1.807, 2.05) is 5.43 Å². The van der Waals surface area contributed by atoms with Crippen molar-refractivity contribution in [3.8, 4) is 0 Å². The number of halogens is 2. The number of hydrazine groups is 1. The van der Waals surface area contributed by atoms with Crippen LogP contribution in [-0.4, -0.2) is 0 Å². The summed E-state index contributed by atoms with van der Waals surface area (Å²) >= 11 is 0. The van der Waals surface area contributed by atoms with Gasteiger partial charge in [-0.1, -0.05) is 6.07 Å². The largest absolute Gasteiger partial charge is 0.321 e. The SMILES string of the molecule is NNc1cccc(F)c1F. The topological polar surface area (TPSA) is 38.0 Å². The van der Waals surface area contributed by atoms with Crippen molar-refractivity contribution in [1.82, 2.24) is 0 Å². The summed E-state index contributed by atoms with van der Waals surface area (Å²) in [5, 5.41) is 0. The Morgan fingerprint density at radius 3 is 2.50 bits per heavy atom. The van der Waals surface area contributed by atoms with Gasteiger partial charge >= 0.3 is 0 Å². The van der Waals surface area contributed by atoms with Crippen LogP contribution in [0.25, 0.3) is 0 Å². The van der Waals surface area contributed by atoms with Crippen molar-refractivity contribution in [3.05, 3.63) is 29.8 Å². The number of benzene rings is 1. The van der Waals surface area contributed by atoms with Gasteiger partial charge in [-0.15, -0.1) is 0 Å². The molecule has 0 aliphatic rings. The van der Waals surface area contributed by atoms with Crippen LogP contribution in [0.5, 0.6) is 0 Å². The molecule has 0 aliphatic carbocycles. The van der Waals surface area contributed by atoms with E-state index < -0.39 is 11.6 Å². The lowest BCUT2D eigenvalue weighted by atomic mass is 10.3. The number of rotatable bonds is 1. The molecule has 0 bridgehead atoms. The first-order chi connectivity index (χ1) is 4.75. The summed E-state index contributed by atoms with van der Waals surface area (Å²) < 4.78 is 24.8. The van der Waals surface area contributed by atoms with Gasteiger partial charge in [0, 0.05) is 0 Å². The molecule has 0 aromatic heterocycles. The second-order valence-corrected chi connectivity index (χ2v) is 1.75. The maximum Gasteiger partial charge on any atom is 0.183 e. The Kier molecular flexibility index (Phi) is 1.82. The normalized spacial score (nSPS) is 9.50. The van der Waals surface area contributed by atoms with Crippen molar-refractivity contribution < 1.29 is 8.78 Å². The van der Waals surface area contributed by atoms with Crippen LogP contribution in [0.15, 0.2) is 18.2 Å². The van der Waals surface area contributed by atoms with Gasteiger partial charge in [-0.05, 0) is 12.1 Å². The number of hydrogen-bond acceptors (Lipinski definition) is 2. The van der Waals surface area contributed by atoms with E-state index in [0.717, 1.165) is 6.07 Å². The number of hydrogen-bond donors (Lipinski definition) is 2. The molecule has 4 heteroatoms. The predicted octanol–water partition coefficient (Wildman–Crippen LogP) is 1.25. The second kappa shape index (κ2) is 2.62. The minimum atomic E-state index is -0.954. The summed E-state index contributed by atoms with van der Waals surface area (Å²) in [6.45, 7) is 0. The lowest BCUT2D eigenvalue weighted by Gasteiger charge is -1.99. The standard InChI is InChI=1S/C6H6F2N2/c7-4-2-1-3-5(10-9)6(4)8/h1-3,10H,9H2. The van der Waals surface area contributed by atoms with Gasteiger partial charge in [0.15, 0.2) is 11.6 Å². The fraction of sp³-hybridized carbons (Fsp3) is 0. The number of anilines is 1. The van der Waals surface area contributed by atoms with Crippen molar-refractivity contribution >= 4 is 5.69 Å². The average molecular weight is 144 g/mol. The maximum atomic E-state index is 12.5. The second-order valence-electron chi connectivity index (χ2n) is 1.75. The molecule has 0 fully saturated rings. The van der Waals surface area contributed by atoms with E-state index >= 15 is 0 Å². The molecule has 10 heavy (non-hydrogen) atoms. The molecule has 0 saturated carbocycles. The predicted molar refractivity (Wildman–Crippen MR) is 34.2 cm³/mol. The zero-order valence-corrected chi connectivity index (χ0v) is 5.07. The highest BCUT2D eigenvalue weighted by molar-refractivity contribution is 5.43. The zero-order chi connectivity index (χ0) is 7.56. The minimum absolute atomic E-state index is 0.0417. The lowest BCUT2D eigenvalue weighted by molar-refractivity contribution is 0.511. The molecule has 0 atom stereocenters. The molecule has 2 nitrogen and oxygen atoms in total. The molecule has 0 amide bonds. The summed E-state index contributed by atoms with van der Waals surface area (Å²) in [6.07, 6.45) is 0. The minimum Gasteiger partial charge on any atom is -0.321 e. The van der Waals surface area contributed by atoms with Gasteiger partial charge in [0.25, 0.3) is 0 Å². The molecular weight excluding hydrogens is 138 g/mol. The smallest absolute Gasteiger partial charge is 0.183 e. The van der Waals surface area contributed by atoms with E-state index in [1.165, 1.54) is 12.1 Å². The Labute approximate surface area is 56.6 Å². The van der Waals surface area contributed by atoms with E-state index in [2.05, 4.69) is 0 Å². The van der Waals surface area contributed by atoms with Crippen LogP contribution in [0.4, 0.5) is 14.5 Å². The maximum absolute atomic E-state index is 12.5. The fourth-order valence-corrected chi connectivity index (χ4v) is 0.615. The number of nitrogen functional groups attached to an aromatic ring is 1. The Morgan fingerprint density at radius 2 is 2.00 bits per heavy atom. The average Bonchev–Trinajstić information content (AvgIpc) is 1.95. The van der Waals surface area contributed by atoms with Crippen LogP contribution >= 0.6 is 0 Å². The van der Waals surface area contributed by atoms with Crippen molar-refractivity contribution in [3.63, 3.8) is 0 Å². The van der Waals surface area contributed by atoms with Gasteiger partial charge in [-0.3, -0.25) is 5.84 Å². The first kappa shape index (κ1) is 6.95. The van der Waals surface area contributed by atoms with E-state index in [4.69, 9.17) is 5.84 Å². The van der Waals surface area contributed by atoms with Crippen LogP contribution in [0.2, 0.25) is 0 Å². The molecule has 3 N–H and O–H groups in total. The van der Waals surface area contributed by atoms with Crippen LogP contribution in [-0.2, 0) is 0 Å². The highest BCUT2D eigenvalue weighted by atomic mass is 19.2. The highest BCUT2D eigenvalue weighted by Crippen LogP contribution is 2.14. The van der Waals surface area contributed by atoms with Crippen LogP contribution in [0, 0.1) is 11.6 Å². The Bertz CT molecular complexity index is 237. The van der Waals surface area contributed by atoms with E-state index in [9.17, 15) is 8.78 Å². The summed E-state index contributed by atoms with van der Waals surface area (Å²) in [7, 11) is 0. The summed E-state index contributed by atoms with van der Waals surface area (Å²) in [5.74, 6) is 3.00. The third-order valence-corrected chi connectivity index (χ3v) is 1.11. The van der Waals surface area contributed by atoms with Gasteiger partial charge in [0.2, 0.25) is 0 Å². The van der Waals surface area contributed by atoms with Crippen molar-refractivity contribution in [2.24, 2.45) is 5.84 Å². The molecule has 1 aromatic rings. The molecular formula is C6H6F2N2. The Hall–Kier alpha value is -1.16. The molecule has 1 aromatic carbocycles. The van der Waals surface area contributed by atoms with Gasteiger partial charge in [0.1, 0.15) is 0 Å². The Morgan fingerprint density at radius 1 is 1.30 bits per heavy atom. The summed E-state index contributed by atoms with van der Waals surface area (Å²) in [4.78, 5) is 0. The van der Waals surface area contributed by atoms with E-state index in [1.54, 1.807) is 0 Å². The van der Waals surface area contributed by atoms with Crippen LogP contribution in [0.1, 0.15) is 0 Å². The molecule has 0 saturated heterocycles. The molecule has 0 heterocycles. The number of nitrogens with two attached hydrogens (primary N) is 1. The Balaban J connectivity index is 3.14. The van der Waals surface area contributed by atoms with E-state index in [0.29, 0.717) is 0 Å². The van der Waals surface area contributed by atoms with Gasteiger partial charge in [-0.25, -0.2) is 8.78 Å². The molecule has 0 unspecified atom stereocenters. The highest BCUT2D eigenvalue weighted by Gasteiger charge is 2.04. The van der Waals surface area contributed by atoms with Crippen LogP contribution in [0.3, 0.4) is 0 Å². The van der Waals surface area contributed by atoms with Crippen molar-refractivity contribution in [2.75, 3.05) is 5.43 Å². The third-order valence-electron chi connectivity index (χ3n) is 1.11. The zero-order valence-electron chi connectivity index (χ0n) is 5.07. The van der Waals surface area contributed by atoms with Gasteiger partial charge < -0.3 is 5.43 Å². The number of nitrogens with one attached hydrogen (secondary N) is 1. The fourth-order valence-electron chi connectivity index (χ4n) is 0.615. The first-order valence-electron chi connectivity index (χ1n) is 2.66. The molecule has 54 valence electrons. The first-order valence-corrected chi connectivity index (χ1v) is 2.66. The summed E-state index contributed by atoms with van der Waals surface area (Å²) in [6, 6.07) is 3.74. The van der Waals surface area contributed by atoms with E-state index in [-0.39, 0.29) is 5.69 Å².